The fourth-order valence-corrected chi connectivity index (χ4v) is 4.23. The second-order valence-electron chi connectivity index (χ2n) is 4.51. The number of hydrogen-bond acceptors (Lipinski definition) is 4. The highest BCUT2D eigenvalue weighted by atomic mass is 35.5. The Kier molecular flexibility index (Phi) is 3.73. The molecule has 1 aliphatic heterocycles. The highest BCUT2D eigenvalue weighted by Gasteiger charge is 2.29. The lowest BCUT2D eigenvalue weighted by Gasteiger charge is -2.11. The van der Waals surface area contributed by atoms with E-state index in [0.717, 1.165) is 18.7 Å². The number of halogens is 1. The van der Waals surface area contributed by atoms with Crippen LogP contribution in [0.1, 0.15) is 25.6 Å². The molecule has 5 nitrogen and oxygen atoms in total. The van der Waals surface area contributed by atoms with Gasteiger partial charge >= 0.3 is 0 Å². The topological polar surface area (TPSA) is 64.8 Å². The molecule has 1 aromatic rings. The molecule has 0 aliphatic carbocycles. The van der Waals surface area contributed by atoms with Crippen LogP contribution in [-0.2, 0) is 22.8 Å². The van der Waals surface area contributed by atoms with Gasteiger partial charge in [0.15, 0.2) is 9.84 Å². The third-order valence-electron chi connectivity index (χ3n) is 3.02. The van der Waals surface area contributed by atoms with Gasteiger partial charge in [0.25, 0.3) is 0 Å². The first-order chi connectivity index (χ1) is 8.02. The van der Waals surface area contributed by atoms with Crippen LogP contribution in [0.2, 0.25) is 5.28 Å². The Morgan fingerprint density at radius 3 is 2.82 bits per heavy atom. The molecule has 2 heterocycles. The van der Waals surface area contributed by atoms with Crippen LogP contribution in [0.3, 0.4) is 0 Å². The summed E-state index contributed by atoms with van der Waals surface area (Å²) in [6, 6.07) is 0. The Hall–Kier alpha value is -0.620. The van der Waals surface area contributed by atoms with Crippen LogP contribution in [0.15, 0.2) is 0 Å². The smallest absolute Gasteiger partial charge is 0.225 e. The van der Waals surface area contributed by atoms with Gasteiger partial charge < -0.3 is 4.57 Å². The number of sulfone groups is 1. The van der Waals surface area contributed by atoms with Crippen molar-refractivity contribution in [1.29, 1.82) is 0 Å². The summed E-state index contributed by atoms with van der Waals surface area (Å²) < 4.78 is 24.6. The van der Waals surface area contributed by atoms with E-state index in [1.807, 2.05) is 4.57 Å². The zero-order valence-corrected chi connectivity index (χ0v) is 11.3. The maximum Gasteiger partial charge on any atom is 0.225 e. The Balaban J connectivity index is 2.11. The van der Waals surface area contributed by atoms with Gasteiger partial charge in [0.2, 0.25) is 5.28 Å². The second kappa shape index (κ2) is 4.94. The molecule has 0 bridgehead atoms. The van der Waals surface area contributed by atoms with Gasteiger partial charge in [-0.3, -0.25) is 0 Å². The lowest BCUT2D eigenvalue weighted by atomic mass is 10.1. The minimum Gasteiger partial charge on any atom is -0.301 e. The highest BCUT2D eigenvalue weighted by Crippen LogP contribution is 2.22. The summed E-state index contributed by atoms with van der Waals surface area (Å²) in [4.78, 5) is 0. The van der Waals surface area contributed by atoms with Gasteiger partial charge in [-0.2, -0.15) is 0 Å². The van der Waals surface area contributed by atoms with E-state index < -0.39 is 9.84 Å². The molecule has 0 amide bonds. The summed E-state index contributed by atoms with van der Waals surface area (Å²) in [7, 11) is -2.83. The molecule has 0 radical (unpaired) electrons. The minimum absolute atomic E-state index is 0.143. The molecular formula is C10H16ClN3O2S. The van der Waals surface area contributed by atoms with Crippen LogP contribution < -0.4 is 0 Å². The van der Waals surface area contributed by atoms with E-state index in [9.17, 15) is 8.42 Å². The standard InChI is InChI=1S/C10H16ClN3O2S/c1-2-3-9-12-13-10(11)14(9)6-8-4-5-17(15,16)7-8/h8H,2-7H2,1H3. The fraction of sp³-hybridized carbons (Fsp3) is 0.800. The van der Waals surface area contributed by atoms with E-state index in [2.05, 4.69) is 17.1 Å². The van der Waals surface area contributed by atoms with Crippen LogP contribution in [-0.4, -0.2) is 34.7 Å². The molecule has 0 N–H and O–H groups in total. The van der Waals surface area contributed by atoms with Gasteiger partial charge in [0, 0.05) is 13.0 Å². The lowest BCUT2D eigenvalue weighted by Crippen LogP contribution is -2.15. The molecule has 1 aliphatic rings. The van der Waals surface area contributed by atoms with Crippen LogP contribution in [0.5, 0.6) is 0 Å². The number of aryl methyl sites for hydroxylation is 1. The van der Waals surface area contributed by atoms with E-state index in [4.69, 9.17) is 11.6 Å². The van der Waals surface area contributed by atoms with Gasteiger partial charge in [0.1, 0.15) is 5.82 Å². The van der Waals surface area contributed by atoms with Crippen molar-refractivity contribution in [2.75, 3.05) is 11.5 Å². The second-order valence-corrected chi connectivity index (χ2v) is 7.08. The van der Waals surface area contributed by atoms with Gasteiger partial charge in [-0.25, -0.2) is 8.42 Å². The maximum absolute atomic E-state index is 11.4. The first-order valence-electron chi connectivity index (χ1n) is 5.80. The maximum atomic E-state index is 11.4. The Labute approximate surface area is 106 Å². The van der Waals surface area contributed by atoms with E-state index >= 15 is 0 Å². The van der Waals surface area contributed by atoms with Crippen molar-refractivity contribution in [2.24, 2.45) is 5.92 Å². The molecule has 1 fully saturated rings. The first kappa shape index (κ1) is 12.8. The van der Waals surface area contributed by atoms with Crippen molar-refractivity contribution in [1.82, 2.24) is 14.8 Å². The van der Waals surface area contributed by atoms with E-state index in [1.165, 1.54) is 0 Å². The summed E-state index contributed by atoms with van der Waals surface area (Å²) >= 11 is 5.97. The summed E-state index contributed by atoms with van der Waals surface area (Å²) in [6.07, 6.45) is 2.50. The number of aromatic nitrogens is 3. The van der Waals surface area contributed by atoms with Crippen LogP contribution in [0.25, 0.3) is 0 Å². The molecule has 1 saturated heterocycles. The lowest BCUT2D eigenvalue weighted by molar-refractivity contribution is 0.477. The highest BCUT2D eigenvalue weighted by molar-refractivity contribution is 7.91. The summed E-state index contributed by atoms with van der Waals surface area (Å²) in [5.74, 6) is 1.54. The molecular weight excluding hydrogens is 262 g/mol. The monoisotopic (exact) mass is 277 g/mol. The molecule has 1 atom stereocenters. The molecule has 0 saturated carbocycles. The number of nitrogens with zero attached hydrogens (tertiary/aromatic N) is 3. The van der Waals surface area contributed by atoms with Crippen LogP contribution in [0, 0.1) is 5.92 Å². The van der Waals surface area contributed by atoms with Crippen molar-refractivity contribution in [2.45, 2.75) is 32.7 Å². The summed E-state index contributed by atoms with van der Waals surface area (Å²) in [5.41, 5.74) is 0. The van der Waals surface area contributed by atoms with E-state index in [1.54, 1.807) is 0 Å². The van der Waals surface area contributed by atoms with Crippen LogP contribution in [0.4, 0.5) is 0 Å². The largest absolute Gasteiger partial charge is 0.301 e. The summed E-state index contributed by atoms with van der Waals surface area (Å²) in [5, 5.41) is 8.22. The summed E-state index contributed by atoms with van der Waals surface area (Å²) in [6.45, 7) is 2.67. The SMILES string of the molecule is CCCc1nnc(Cl)n1CC1CCS(=O)(=O)C1. The van der Waals surface area contributed by atoms with Crippen molar-refractivity contribution < 1.29 is 8.42 Å². The third kappa shape index (κ3) is 2.98. The zero-order valence-electron chi connectivity index (χ0n) is 9.76. The minimum atomic E-state index is -2.83. The zero-order chi connectivity index (χ0) is 12.5. The Morgan fingerprint density at radius 2 is 2.24 bits per heavy atom. The normalized spacial score (nSPS) is 23.1. The Morgan fingerprint density at radius 1 is 1.47 bits per heavy atom. The van der Waals surface area contributed by atoms with Gasteiger partial charge in [-0.05, 0) is 30.4 Å². The van der Waals surface area contributed by atoms with E-state index in [-0.39, 0.29) is 11.7 Å². The number of rotatable bonds is 4. The fourth-order valence-electron chi connectivity index (χ4n) is 2.18. The van der Waals surface area contributed by atoms with E-state index in [0.29, 0.717) is 24.0 Å². The quantitative estimate of drug-likeness (QED) is 0.833. The molecule has 1 unspecified atom stereocenters. The van der Waals surface area contributed by atoms with Gasteiger partial charge in [-0.15, -0.1) is 10.2 Å². The molecule has 96 valence electrons. The molecule has 7 heteroatoms. The van der Waals surface area contributed by atoms with Gasteiger partial charge in [0.05, 0.1) is 11.5 Å². The average molecular weight is 278 g/mol. The number of hydrogen-bond donors (Lipinski definition) is 0. The molecule has 0 aromatic carbocycles. The first-order valence-corrected chi connectivity index (χ1v) is 8.00. The van der Waals surface area contributed by atoms with Crippen LogP contribution >= 0.6 is 11.6 Å². The van der Waals surface area contributed by atoms with Crippen molar-refractivity contribution >= 4 is 21.4 Å². The molecule has 2 rings (SSSR count). The molecule has 0 spiro atoms. The van der Waals surface area contributed by atoms with Crippen molar-refractivity contribution in [3.8, 4) is 0 Å². The van der Waals surface area contributed by atoms with Crippen molar-refractivity contribution in [3.63, 3.8) is 0 Å². The predicted molar refractivity (Wildman–Crippen MR) is 65.8 cm³/mol. The van der Waals surface area contributed by atoms with Gasteiger partial charge in [-0.1, -0.05) is 6.92 Å². The average Bonchev–Trinajstić information content (AvgIpc) is 2.75. The predicted octanol–water partition coefficient (Wildman–Crippen LogP) is 1.32. The molecule has 1 aromatic heterocycles. The van der Waals surface area contributed by atoms with Crippen molar-refractivity contribution in [3.05, 3.63) is 11.1 Å². The molecule has 17 heavy (non-hydrogen) atoms. The third-order valence-corrected chi connectivity index (χ3v) is 5.14. The Bertz CT molecular complexity index is 498.